The Morgan fingerprint density at radius 3 is 2.36 bits per heavy atom. The molecule has 0 aromatic rings. The SMILES string of the molecule is C1=CC(N2CCOCC2)C=C1. The van der Waals surface area contributed by atoms with Crippen LogP contribution >= 0.6 is 0 Å². The third-order valence-electron chi connectivity index (χ3n) is 2.20. The first-order valence-electron chi connectivity index (χ1n) is 4.13. The molecule has 2 heteroatoms. The summed E-state index contributed by atoms with van der Waals surface area (Å²) in [7, 11) is 0. The number of rotatable bonds is 1. The minimum atomic E-state index is 0.541. The molecule has 0 bridgehead atoms. The third kappa shape index (κ3) is 1.52. The van der Waals surface area contributed by atoms with Crippen LogP contribution in [0.1, 0.15) is 0 Å². The van der Waals surface area contributed by atoms with Crippen LogP contribution in [0, 0.1) is 0 Å². The first-order valence-corrected chi connectivity index (χ1v) is 4.13. The van der Waals surface area contributed by atoms with E-state index in [1.54, 1.807) is 0 Å². The zero-order chi connectivity index (χ0) is 7.52. The molecule has 0 atom stereocenters. The average molecular weight is 151 g/mol. The lowest BCUT2D eigenvalue weighted by molar-refractivity contribution is 0.0333. The van der Waals surface area contributed by atoms with Crippen molar-refractivity contribution >= 4 is 0 Å². The lowest BCUT2D eigenvalue weighted by Crippen LogP contribution is -2.41. The van der Waals surface area contributed by atoms with Crippen molar-refractivity contribution in [3.05, 3.63) is 24.3 Å². The molecular weight excluding hydrogens is 138 g/mol. The van der Waals surface area contributed by atoms with Crippen molar-refractivity contribution in [3.8, 4) is 0 Å². The smallest absolute Gasteiger partial charge is 0.0594 e. The minimum absolute atomic E-state index is 0.541. The first-order chi connectivity index (χ1) is 5.47. The molecule has 1 heterocycles. The van der Waals surface area contributed by atoms with Gasteiger partial charge in [0.2, 0.25) is 0 Å². The average Bonchev–Trinajstić information content (AvgIpc) is 2.58. The summed E-state index contributed by atoms with van der Waals surface area (Å²) in [6, 6.07) is 0.541. The molecule has 1 aliphatic heterocycles. The summed E-state index contributed by atoms with van der Waals surface area (Å²) in [5, 5.41) is 0. The molecule has 0 N–H and O–H groups in total. The Morgan fingerprint density at radius 2 is 1.73 bits per heavy atom. The maximum Gasteiger partial charge on any atom is 0.0594 e. The van der Waals surface area contributed by atoms with Crippen molar-refractivity contribution in [3.63, 3.8) is 0 Å². The molecule has 0 radical (unpaired) electrons. The Bertz CT molecular complexity index is 168. The zero-order valence-corrected chi connectivity index (χ0v) is 6.57. The number of allylic oxidation sites excluding steroid dienone is 2. The fourth-order valence-corrected chi connectivity index (χ4v) is 1.54. The second-order valence-corrected chi connectivity index (χ2v) is 2.91. The van der Waals surface area contributed by atoms with Gasteiger partial charge in [-0.2, -0.15) is 0 Å². The second kappa shape index (κ2) is 3.20. The predicted molar refractivity (Wildman–Crippen MR) is 44.5 cm³/mol. The maximum atomic E-state index is 5.27. The van der Waals surface area contributed by atoms with Crippen molar-refractivity contribution in [2.45, 2.75) is 6.04 Å². The molecule has 1 saturated heterocycles. The first kappa shape index (κ1) is 7.07. The fourth-order valence-electron chi connectivity index (χ4n) is 1.54. The zero-order valence-electron chi connectivity index (χ0n) is 6.57. The van der Waals surface area contributed by atoms with Crippen LogP contribution < -0.4 is 0 Å². The van der Waals surface area contributed by atoms with Crippen molar-refractivity contribution in [1.29, 1.82) is 0 Å². The molecule has 0 aromatic carbocycles. The number of hydrogen-bond acceptors (Lipinski definition) is 2. The molecule has 0 unspecified atom stereocenters. The summed E-state index contributed by atoms with van der Waals surface area (Å²) >= 11 is 0. The lowest BCUT2D eigenvalue weighted by atomic mass is 10.2. The molecule has 2 nitrogen and oxygen atoms in total. The Hall–Kier alpha value is -0.600. The van der Waals surface area contributed by atoms with E-state index < -0.39 is 0 Å². The number of nitrogens with zero attached hydrogens (tertiary/aromatic N) is 1. The van der Waals surface area contributed by atoms with Crippen LogP contribution in [0.2, 0.25) is 0 Å². The van der Waals surface area contributed by atoms with E-state index in [1.807, 2.05) is 0 Å². The van der Waals surface area contributed by atoms with Gasteiger partial charge in [-0.05, 0) is 0 Å². The van der Waals surface area contributed by atoms with Gasteiger partial charge in [0, 0.05) is 19.1 Å². The summed E-state index contributed by atoms with van der Waals surface area (Å²) in [5.74, 6) is 0. The van der Waals surface area contributed by atoms with E-state index >= 15 is 0 Å². The standard InChI is InChI=1S/C9H13NO/c1-2-4-9(3-1)10-5-7-11-8-6-10/h1-4,9H,5-8H2. The lowest BCUT2D eigenvalue weighted by Gasteiger charge is -2.30. The van der Waals surface area contributed by atoms with Crippen molar-refractivity contribution in [1.82, 2.24) is 4.90 Å². The van der Waals surface area contributed by atoms with Crippen molar-refractivity contribution in [2.24, 2.45) is 0 Å². The molecule has 2 rings (SSSR count). The monoisotopic (exact) mass is 151 g/mol. The van der Waals surface area contributed by atoms with Crippen LogP contribution in [-0.4, -0.2) is 37.2 Å². The number of ether oxygens (including phenoxy) is 1. The Labute approximate surface area is 67.1 Å². The quantitative estimate of drug-likeness (QED) is 0.550. The molecule has 11 heavy (non-hydrogen) atoms. The molecule has 2 aliphatic rings. The Balaban J connectivity index is 1.92. The van der Waals surface area contributed by atoms with Crippen LogP contribution in [0.15, 0.2) is 24.3 Å². The van der Waals surface area contributed by atoms with E-state index in [4.69, 9.17) is 4.74 Å². The molecule has 0 spiro atoms. The molecule has 0 saturated carbocycles. The van der Waals surface area contributed by atoms with Gasteiger partial charge in [0.15, 0.2) is 0 Å². The third-order valence-corrected chi connectivity index (χ3v) is 2.20. The summed E-state index contributed by atoms with van der Waals surface area (Å²) < 4.78 is 5.27. The molecule has 0 aromatic heterocycles. The summed E-state index contributed by atoms with van der Waals surface area (Å²) in [6.45, 7) is 3.91. The van der Waals surface area contributed by atoms with E-state index in [9.17, 15) is 0 Å². The van der Waals surface area contributed by atoms with Crippen LogP contribution in [-0.2, 0) is 4.74 Å². The van der Waals surface area contributed by atoms with E-state index in [0.717, 1.165) is 26.3 Å². The van der Waals surface area contributed by atoms with Gasteiger partial charge in [0.05, 0.1) is 13.2 Å². The number of morpholine rings is 1. The molecule has 0 amide bonds. The highest BCUT2D eigenvalue weighted by molar-refractivity contribution is 5.21. The highest BCUT2D eigenvalue weighted by Gasteiger charge is 2.17. The highest BCUT2D eigenvalue weighted by Crippen LogP contribution is 2.10. The van der Waals surface area contributed by atoms with Gasteiger partial charge >= 0.3 is 0 Å². The van der Waals surface area contributed by atoms with Gasteiger partial charge < -0.3 is 4.74 Å². The molecular formula is C9H13NO. The largest absolute Gasteiger partial charge is 0.379 e. The van der Waals surface area contributed by atoms with E-state index in [-0.39, 0.29) is 0 Å². The van der Waals surface area contributed by atoms with Crippen LogP contribution in [0.3, 0.4) is 0 Å². The summed E-state index contributed by atoms with van der Waals surface area (Å²) in [5.41, 5.74) is 0. The Morgan fingerprint density at radius 1 is 1.09 bits per heavy atom. The number of hydrogen-bond donors (Lipinski definition) is 0. The van der Waals surface area contributed by atoms with Crippen LogP contribution in [0.4, 0.5) is 0 Å². The normalized spacial score (nSPS) is 26.5. The van der Waals surface area contributed by atoms with Crippen LogP contribution in [0.5, 0.6) is 0 Å². The van der Waals surface area contributed by atoms with E-state index in [0.29, 0.717) is 6.04 Å². The van der Waals surface area contributed by atoms with Gasteiger partial charge in [-0.15, -0.1) is 0 Å². The fraction of sp³-hybridized carbons (Fsp3) is 0.556. The van der Waals surface area contributed by atoms with Gasteiger partial charge in [-0.3, -0.25) is 4.90 Å². The van der Waals surface area contributed by atoms with E-state index in [1.165, 1.54) is 0 Å². The highest BCUT2D eigenvalue weighted by atomic mass is 16.5. The van der Waals surface area contributed by atoms with Crippen molar-refractivity contribution < 1.29 is 4.74 Å². The predicted octanol–water partition coefficient (Wildman–Crippen LogP) is 0.813. The molecule has 60 valence electrons. The second-order valence-electron chi connectivity index (χ2n) is 2.91. The molecule has 1 fully saturated rings. The maximum absolute atomic E-state index is 5.27. The van der Waals surface area contributed by atoms with Crippen LogP contribution in [0.25, 0.3) is 0 Å². The van der Waals surface area contributed by atoms with Gasteiger partial charge in [-0.1, -0.05) is 24.3 Å². The van der Waals surface area contributed by atoms with E-state index in [2.05, 4.69) is 29.2 Å². The van der Waals surface area contributed by atoms with Crippen molar-refractivity contribution in [2.75, 3.05) is 26.3 Å². The summed E-state index contributed by atoms with van der Waals surface area (Å²) in [4.78, 5) is 2.43. The van der Waals surface area contributed by atoms with Gasteiger partial charge in [0.25, 0.3) is 0 Å². The minimum Gasteiger partial charge on any atom is -0.379 e. The molecule has 1 aliphatic carbocycles. The van der Waals surface area contributed by atoms with Gasteiger partial charge in [0.1, 0.15) is 0 Å². The summed E-state index contributed by atoms with van der Waals surface area (Å²) in [6.07, 6.45) is 8.68. The topological polar surface area (TPSA) is 12.5 Å². The Kier molecular flexibility index (Phi) is 2.06. The van der Waals surface area contributed by atoms with Gasteiger partial charge in [-0.25, -0.2) is 0 Å².